The van der Waals surface area contributed by atoms with Crippen LogP contribution in [-0.2, 0) is 4.74 Å². The van der Waals surface area contributed by atoms with Crippen molar-refractivity contribution in [1.82, 2.24) is 10.3 Å². The van der Waals surface area contributed by atoms with Crippen LogP contribution in [0.25, 0.3) is 0 Å². The molecular formula is C11H14F2N2O. The molecule has 0 amide bonds. The molecule has 0 aliphatic carbocycles. The summed E-state index contributed by atoms with van der Waals surface area (Å²) in [6.07, 6.45) is -2.36. The normalized spacial score (nSPS) is 26.0. The van der Waals surface area contributed by atoms with Gasteiger partial charge in [0.05, 0.1) is 24.4 Å². The fourth-order valence-corrected chi connectivity index (χ4v) is 1.66. The third kappa shape index (κ3) is 2.54. The van der Waals surface area contributed by atoms with Crippen molar-refractivity contribution in [3.8, 4) is 0 Å². The second-order valence-electron chi connectivity index (χ2n) is 3.89. The minimum atomic E-state index is -2.52. The first kappa shape index (κ1) is 11.4. The van der Waals surface area contributed by atoms with Crippen LogP contribution < -0.4 is 5.32 Å². The summed E-state index contributed by atoms with van der Waals surface area (Å²) >= 11 is 0. The SMILES string of the molecule is C[C@@H]1CN[C@@H](c2cccc(C(F)F)n2)CO1. The van der Waals surface area contributed by atoms with E-state index in [-0.39, 0.29) is 17.8 Å². The zero-order chi connectivity index (χ0) is 11.5. The number of morpholine rings is 1. The maximum Gasteiger partial charge on any atom is 0.280 e. The van der Waals surface area contributed by atoms with Crippen LogP contribution in [-0.4, -0.2) is 24.2 Å². The molecule has 0 saturated carbocycles. The van der Waals surface area contributed by atoms with E-state index in [0.717, 1.165) is 0 Å². The zero-order valence-corrected chi connectivity index (χ0v) is 8.99. The Kier molecular flexibility index (Phi) is 3.46. The summed E-state index contributed by atoms with van der Waals surface area (Å²) in [7, 11) is 0. The van der Waals surface area contributed by atoms with E-state index >= 15 is 0 Å². The molecule has 2 atom stereocenters. The molecule has 0 radical (unpaired) electrons. The van der Waals surface area contributed by atoms with E-state index in [9.17, 15) is 8.78 Å². The van der Waals surface area contributed by atoms with E-state index in [2.05, 4.69) is 10.3 Å². The lowest BCUT2D eigenvalue weighted by Crippen LogP contribution is -2.40. The molecule has 5 heteroatoms. The number of halogens is 2. The highest BCUT2D eigenvalue weighted by Crippen LogP contribution is 2.20. The van der Waals surface area contributed by atoms with Gasteiger partial charge in [0.25, 0.3) is 6.43 Å². The Balaban J connectivity index is 2.11. The van der Waals surface area contributed by atoms with Gasteiger partial charge < -0.3 is 10.1 Å². The fourth-order valence-electron chi connectivity index (χ4n) is 1.66. The van der Waals surface area contributed by atoms with Crippen molar-refractivity contribution in [2.75, 3.05) is 13.2 Å². The van der Waals surface area contributed by atoms with E-state index in [1.165, 1.54) is 6.07 Å². The number of nitrogens with one attached hydrogen (secondary N) is 1. The molecule has 1 aliphatic heterocycles. The molecule has 0 spiro atoms. The first-order chi connectivity index (χ1) is 7.66. The number of pyridine rings is 1. The van der Waals surface area contributed by atoms with Crippen LogP contribution in [0.2, 0.25) is 0 Å². The number of nitrogens with zero attached hydrogens (tertiary/aromatic N) is 1. The van der Waals surface area contributed by atoms with Crippen molar-refractivity contribution >= 4 is 0 Å². The minimum Gasteiger partial charge on any atom is -0.375 e. The summed E-state index contributed by atoms with van der Waals surface area (Å²) in [5.74, 6) is 0. The van der Waals surface area contributed by atoms with Gasteiger partial charge in [-0.05, 0) is 19.1 Å². The first-order valence-electron chi connectivity index (χ1n) is 5.27. The van der Waals surface area contributed by atoms with E-state index in [1.54, 1.807) is 12.1 Å². The Hall–Kier alpha value is -1.07. The van der Waals surface area contributed by atoms with Crippen LogP contribution >= 0.6 is 0 Å². The molecule has 1 aromatic rings. The average molecular weight is 228 g/mol. The van der Waals surface area contributed by atoms with Gasteiger partial charge in [-0.3, -0.25) is 4.98 Å². The number of hydrogen-bond donors (Lipinski definition) is 1. The first-order valence-corrected chi connectivity index (χ1v) is 5.27. The lowest BCUT2D eigenvalue weighted by Gasteiger charge is -2.28. The Morgan fingerprint density at radius 1 is 1.50 bits per heavy atom. The van der Waals surface area contributed by atoms with Crippen LogP contribution in [0, 0.1) is 0 Å². The smallest absolute Gasteiger partial charge is 0.280 e. The molecule has 1 fully saturated rings. The van der Waals surface area contributed by atoms with Crippen LogP contribution in [0.4, 0.5) is 8.78 Å². The second-order valence-corrected chi connectivity index (χ2v) is 3.89. The highest BCUT2D eigenvalue weighted by Gasteiger charge is 2.21. The molecule has 16 heavy (non-hydrogen) atoms. The number of alkyl halides is 2. The largest absolute Gasteiger partial charge is 0.375 e. The van der Waals surface area contributed by atoms with Gasteiger partial charge in [0.1, 0.15) is 5.69 Å². The van der Waals surface area contributed by atoms with Gasteiger partial charge >= 0.3 is 0 Å². The zero-order valence-electron chi connectivity index (χ0n) is 8.99. The summed E-state index contributed by atoms with van der Waals surface area (Å²) in [5.41, 5.74) is 0.433. The quantitative estimate of drug-likeness (QED) is 0.841. The third-order valence-corrected chi connectivity index (χ3v) is 2.57. The summed E-state index contributed by atoms with van der Waals surface area (Å²) < 4.78 is 30.4. The van der Waals surface area contributed by atoms with Gasteiger partial charge in [-0.25, -0.2) is 8.78 Å². The predicted molar refractivity (Wildman–Crippen MR) is 55.4 cm³/mol. The Bertz CT molecular complexity index is 352. The molecule has 2 heterocycles. The topological polar surface area (TPSA) is 34.2 Å². The molecule has 0 unspecified atom stereocenters. The van der Waals surface area contributed by atoms with Crippen LogP contribution in [0.5, 0.6) is 0 Å². The highest BCUT2D eigenvalue weighted by atomic mass is 19.3. The van der Waals surface area contributed by atoms with E-state index < -0.39 is 6.43 Å². The van der Waals surface area contributed by atoms with Gasteiger partial charge in [-0.2, -0.15) is 0 Å². The standard InChI is InChI=1S/C11H14F2N2O/c1-7-5-14-10(6-16-7)8-3-2-4-9(15-8)11(12)13/h2-4,7,10-11,14H,5-6H2,1H3/t7-,10-/m1/s1. The van der Waals surface area contributed by atoms with Gasteiger partial charge in [0.2, 0.25) is 0 Å². The van der Waals surface area contributed by atoms with Crippen LogP contribution in [0.15, 0.2) is 18.2 Å². The molecule has 0 bridgehead atoms. The molecule has 88 valence electrons. The van der Waals surface area contributed by atoms with E-state index in [1.807, 2.05) is 6.92 Å². The summed E-state index contributed by atoms with van der Waals surface area (Å²) in [4.78, 5) is 3.93. The Morgan fingerprint density at radius 2 is 2.31 bits per heavy atom. The Labute approximate surface area is 92.8 Å². The van der Waals surface area contributed by atoms with Crippen molar-refractivity contribution in [3.05, 3.63) is 29.6 Å². The van der Waals surface area contributed by atoms with Crippen molar-refractivity contribution < 1.29 is 13.5 Å². The summed E-state index contributed by atoms with van der Waals surface area (Å²) in [5, 5.41) is 3.22. The van der Waals surface area contributed by atoms with Crippen molar-refractivity contribution in [3.63, 3.8) is 0 Å². The molecule has 1 aliphatic rings. The van der Waals surface area contributed by atoms with Gasteiger partial charge in [-0.15, -0.1) is 0 Å². The molecule has 0 aromatic carbocycles. The average Bonchev–Trinajstić information content (AvgIpc) is 2.30. The number of rotatable bonds is 2. The minimum absolute atomic E-state index is 0.0881. The van der Waals surface area contributed by atoms with Crippen molar-refractivity contribution in [1.29, 1.82) is 0 Å². The Morgan fingerprint density at radius 3 is 2.94 bits per heavy atom. The summed E-state index contributed by atoms with van der Waals surface area (Å²) in [6.45, 7) is 3.15. The molecular weight excluding hydrogens is 214 g/mol. The van der Waals surface area contributed by atoms with Gasteiger partial charge in [0.15, 0.2) is 0 Å². The van der Waals surface area contributed by atoms with Crippen LogP contribution in [0.1, 0.15) is 30.8 Å². The molecule has 3 nitrogen and oxygen atoms in total. The van der Waals surface area contributed by atoms with Crippen molar-refractivity contribution in [2.45, 2.75) is 25.5 Å². The van der Waals surface area contributed by atoms with Crippen molar-refractivity contribution in [2.24, 2.45) is 0 Å². The fraction of sp³-hybridized carbons (Fsp3) is 0.545. The summed E-state index contributed by atoms with van der Waals surface area (Å²) in [6, 6.07) is 4.59. The highest BCUT2D eigenvalue weighted by molar-refractivity contribution is 5.15. The van der Waals surface area contributed by atoms with Gasteiger partial charge in [0, 0.05) is 6.54 Å². The molecule has 2 rings (SSSR count). The lowest BCUT2D eigenvalue weighted by atomic mass is 10.1. The number of aromatic nitrogens is 1. The van der Waals surface area contributed by atoms with Crippen LogP contribution in [0.3, 0.4) is 0 Å². The predicted octanol–water partition coefficient (Wildman–Crippen LogP) is 2.07. The molecule has 1 saturated heterocycles. The monoisotopic (exact) mass is 228 g/mol. The molecule has 1 aromatic heterocycles. The maximum absolute atomic E-state index is 12.5. The maximum atomic E-state index is 12.5. The second kappa shape index (κ2) is 4.84. The number of hydrogen-bond acceptors (Lipinski definition) is 3. The van der Waals surface area contributed by atoms with E-state index in [4.69, 9.17) is 4.74 Å². The third-order valence-electron chi connectivity index (χ3n) is 2.57. The lowest BCUT2D eigenvalue weighted by molar-refractivity contribution is 0.0138. The van der Waals surface area contributed by atoms with Gasteiger partial charge in [-0.1, -0.05) is 6.07 Å². The molecule has 1 N–H and O–H groups in total. The van der Waals surface area contributed by atoms with E-state index in [0.29, 0.717) is 18.8 Å². The number of ether oxygens (including phenoxy) is 1.